The van der Waals surface area contributed by atoms with Crippen LogP contribution < -0.4 is 10.5 Å². The van der Waals surface area contributed by atoms with Gasteiger partial charge in [0, 0.05) is 17.7 Å². The largest absolute Gasteiger partial charge is 0.397 e. The van der Waals surface area contributed by atoms with Crippen molar-refractivity contribution in [3.63, 3.8) is 0 Å². The second-order valence-electron chi connectivity index (χ2n) is 4.67. The van der Waals surface area contributed by atoms with Crippen LogP contribution in [0.1, 0.15) is 18.4 Å². The standard InChI is InChI=1S/C12H17BrN2O3S/c1-8-6-10(13)12(11(14)7-8)15-19(16,17)9-2-4-18-5-3-9/h6-7,9,15H,2-5,14H2,1H3. The molecule has 1 saturated heterocycles. The number of nitrogen functional groups attached to an aromatic ring is 1. The molecule has 1 aliphatic rings. The summed E-state index contributed by atoms with van der Waals surface area (Å²) < 4.78 is 33.0. The van der Waals surface area contributed by atoms with E-state index in [4.69, 9.17) is 10.5 Å². The molecule has 19 heavy (non-hydrogen) atoms. The molecule has 1 fully saturated rings. The predicted octanol–water partition coefficient (Wildman–Crippen LogP) is 2.26. The van der Waals surface area contributed by atoms with Crippen molar-refractivity contribution in [2.45, 2.75) is 25.0 Å². The molecule has 0 amide bonds. The van der Waals surface area contributed by atoms with Crippen molar-refractivity contribution in [1.29, 1.82) is 0 Å². The van der Waals surface area contributed by atoms with Gasteiger partial charge in [0.1, 0.15) is 0 Å². The van der Waals surface area contributed by atoms with Crippen molar-refractivity contribution >= 4 is 37.3 Å². The number of rotatable bonds is 3. The average Bonchev–Trinajstić information content (AvgIpc) is 2.35. The molecular formula is C12H17BrN2O3S. The summed E-state index contributed by atoms with van der Waals surface area (Å²) in [6.07, 6.45) is 1.03. The van der Waals surface area contributed by atoms with Gasteiger partial charge in [-0.25, -0.2) is 8.42 Å². The number of halogens is 1. The number of nitrogens with one attached hydrogen (secondary N) is 1. The summed E-state index contributed by atoms with van der Waals surface area (Å²) in [5.41, 5.74) is 7.68. The van der Waals surface area contributed by atoms with Gasteiger partial charge < -0.3 is 10.5 Å². The summed E-state index contributed by atoms with van der Waals surface area (Å²) >= 11 is 3.34. The summed E-state index contributed by atoms with van der Waals surface area (Å²) in [6, 6.07) is 3.57. The molecule has 0 bridgehead atoms. The summed E-state index contributed by atoms with van der Waals surface area (Å²) in [6.45, 7) is 2.87. The number of anilines is 2. The van der Waals surface area contributed by atoms with Crippen LogP contribution in [0.2, 0.25) is 0 Å². The first kappa shape index (κ1) is 14.6. The van der Waals surface area contributed by atoms with Crippen molar-refractivity contribution in [2.24, 2.45) is 0 Å². The van der Waals surface area contributed by atoms with Gasteiger partial charge in [0.25, 0.3) is 0 Å². The van der Waals surface area contributed by atoms with Gasteiger partial charge in [-0.2, -0.15) is 0 Å². The number of benzene rings is 1. The molecule has 106 valence electrons. The van der Waals surface area contributed by atoms with Crippen molar-refractivity contribution in [3.8, 4) is 0 Å². The first-order valence-corrected chi connectivity index (χ1v) is 8.39. The molecule has 7 heteroatoms. The normalized spacial score (nSPS) is 17.4. The lowest BCUT2D eigenvalue weighted by molar-refractivity contribution is 0.0984. The minimum Gasteiger partial charge on any atom is -0.397 e. The second kappa shape index (κ2) is 5.68. The lowest BCUT2D eigenvalue weighted by Gasteiger charge is -2.23. The third kappa shape index (κ3) is 3.40. The second-order valence-corrected chi connectivity index (χ2v) is 7.48. The Balaban J connectivity index is 2.25. The van der Waals surface area contributed by atoms with E-state index in [9.17, 15) is 8.42 Å². The topological polar surface area (TPSA) is 81.4 Å². The van der Waals surface area contributed by atoms with Crippen LogP contribution in [0.15, 0.2) is 16.6 Å². The molecule has 1 heterocycles. The Bertz CT molecular complexity index is 545. The number of hydrogen-bond acceptors (Lipinski definition) is 4. The molecule has 5 nitrogen and oxygen atoms in total. The maximum atomic E-state index is 12.3. The molecule has 3 N–H and O–H groups in total. The Morgan fingerprint density at radius 3 is 2.58 bits per heavy atom. The molecule has 1 aromatic carbocycles. The third-order valence-corrected chi connectivity index (χ3v) is 5.58. The molecule has 0 spiro atoms. The summed E-state index contributed by atoms with van der Waals surface area (Å²) in [5.74, 6) is 0. The van der Waals surface area contributed by atoms with E-state index in [-0.39, 0.29) is 0 Å². The number of ether oxygens (including phenoxy) is 1. The van der Waals surface area contributed by atoms with Crippen LogP contribution in [0.5, 0.6) is 0 Å². The highest BCUT2D eigenvalue weighted by molar-refractivity contribution is 9.10. The summed E-state index contributed by atoms with van der Waals surface area (Å²) in [4.78, 5) is 0. The minimum atomic E-state index is -3.43. The first-order chi connectivity index (χ1) is 8.90. The smallest absolute Gasteiger partial charge is 0.235 e. The Morgan fingerprint density at radius 1 is 1.37 bits per heavy atom. The number of aryl methyl sites for hydroxylation is 1. The van der Waals surface area contributed by atoms with E-state index in [1.54, 1.807) is 6.07 Å². The van der Waals surface area contributed by atoms with E-state index in [2.05, 4.69) is 20.7 Å². The van der Waals surface area contributed by atoms with Gasteiger partial charge in [-0.1, -0.05) is 0 Å². The average molecular weight is 349 g/mol. The maximum Gasteiger partial charge on any atom is 0.235 e. The molecule has 1 aliphatic heterocycles. The number of sulfonamides is 1. The van der Waals surface area contributed by atoms with Crippen molar-refractivity contribution < 1.29 is 13.2 Å². The van der Waals surface area contributed by atoms with Crippen LogP contribution in [-0.4, -0.2) is 26.9 Å². The van der Waals surface area contributed by atoms with Crippen LogP contribution >= 0.6 is 15.9 Å². The maximum absolute atomic E-state index is 12.3. The fourth-order valence-electron chi connectivity index (χ4n) is 2.09. The molecule has 0 atom stereocenters. The molecule has 1 aromatic rings. The summed E-state index contributed by atoms with van der Waals surface area (Å²) in [7, 11) is -3.43. The van der Waals surface area contributed by atoms with E-state index < -0.39 is 15.3 Å². The zero-order valence-electron chi connectivity index (χ0n) is 10.6. The molecule has 0 saturated carbocycles. The highest BCUT2D eigenvalue weighted by Crippen LogP contribution is 2.32. The van der Waals surface area contributed by atoms with E-state index >= 15 is 0 Å². The lowest BCUT2D eigenvalue weighted by atomic mass is 10.2. The Kier molecular flexibility index (Phi) is 4.37. The Hall–Kier alpha value is -0.790. The number of nitrogens with two attached hydrogens (primary N) is 1. The van der Waals surface area contributed by atoms with Crippen molar-refractivity contribution in [3.05, 3.63) is 22.2 Å². The fraction of sp³-hybridized carbons (Fsp3) is 0.500. The minimum absolute atomic E-state index is 0.414. The quantitative estimate of drug-likeness (QED) is 0.821. The van der Waals surface area contributed by atoms with Gasteiger partial charge in [0.05, 0.1) is 16.6 Å². The highest BCUT2D eigenvalue weighted by atomic mass is 79.9. The number of hydrogen-bond donors (Lipinski definition) is 2. The van der Waals surface area contributed by atoms with Crippen LogP contribution in [0.4, 0.5) is 11.4 Å². The molecular weight excluding hydrogens is 332 g/mol. The van der Waals surface area contributed by atoms with Gasteiger partial charge >= 0.3 is 0 Å². The van der Waals surface area contributed by atoms with Gasteiger partial charge in [-0.05, 0) is 53.4 Å². The summed E-state index contributed by atoms with van der Waals surface area (Å²) in [5, 5.41) is -0.422. The van der Waals surface area contributed by atoms with Crippen LogP contribution in [0, 0.1) is 6.92 Å². The van der Waals surface area contributed by atoms with E-state index in [1.807, 2.05) is 13.0 Å². The molecule has 0 aromatic heterocycles. The Morgan fingerprint density at radius 2 is 2.00 bits per heavy atom. The zero-order chi connectivity index (χ0) is 14.0. The lowest BCUT2D eigenvalue weighted by Crippen LogP contribution is -2.33. The van der Waals surface area contributed by atoms with E-state index in [1.165, 1.54) is 0 Å². The van der Waals surface area contributed by atoms with E-state index in [0.29, 0.717) is 41.9 Å². The highest BCUT2D eigenvalue weighted by Gasteiger charge is 2.28. The van der Waals surface area contributed by atoms with Gasteiger partial charge in [0.2, 0.25) is 10.0 Å². The fourth-order valence-corrected chi connectivity index (χ4v) is 4.40. The van der Waals surface area contributed by atoms with Gasteiger partial charge in [-0.3, -0.25) is 4.72 Å². The van der Waals surface area contributed by atoms with Crippen LogP contribution in [0.25, 0.3) is 0 Å². The van der Waals surface area contributed by atoms with Crippen LogP contribution in [0.3, 0.4) is 0 Å². The molecule has 0 unspecified atom stereocenters. The Labute approximate surface area is 121 Å². The molecule has 0 radical (unpaired) electrons. The van der Waals surface area contributed by atoms with Crippen molar-refractivity contribution in [2.75, 3.05) is 23.7 Å². The molecule has 0 aliphatic carbocycles. The first-order valence-electron chi connectivity index (χ1n) is 6.05. The van der Waals surface area contributed by atoms with E-state index in [0.717, 1.165) is 5.56 Å². The van der Waals surface area contributed by atoms with Crippen molar-refractivity contribution in [1.82, 2.24) is 0 Å². The predicted molar refractivity (Wildman–Crippen MR) is 79.7 cm³/mol. The SMILES string of the molecule is Cc1cc(N)c(NS(=O)(=O)C2CCOCC2)c(Br)c1. The van der Waals surface area contributed by atoms with Gasteiger partial charge in [0.15, 0.2) is 0 Å². The van der Waals surface area contributed by atoms with Gasteiger partial charge in [-0.15, -0.1) is 0 Å². The monoisotopic (exact) mass is 348 g/mol. The van der Waals surface area contributed by atoms with Crippen LogP contribution in [-0.2, 0) is 14.8 Å². The third-order valence-electron chi connectivity index (χ3n) is 3.12. The molecule has 2 rings (SSSR count). The zero-order valence-corrected chi connectivity index (χ0v) is 13.1.